The second kappa shape index (κ2) is 4.59. The quantitative estimate of drug-likeness (QED) is 0.711. The van der Waals surface area contributed by atoms with Gasteiger partial charge in [0, 0.05) is 6.20 Å². The Morgan fingerprint density at radius 1 is 1.53 bits per heavy atom. The lowest BCUT2D eigenvalue weighted by atomic mass is 10.0. The molecule has 0 spiro atoms. The predicted octanol–water partition coefficient (Wildman–Crippen LogP) is 0.102. The summed E-state index contributed by atoms with van der Waals surface area (Å²) >= 11 is 0. The average molecular weight is 259 g/mol. The Morgan fingerprint density at radius 3 is 2.59 bits per heavy atom. The molecule has 4 N–H and O–H groups in total. The van der Waals surface area contributed by atoms with Gasteiger partial charge in [0.1, 0.15) is 10.7 Å². The van der Waals surface area contributed by atoms with Gasteiger partial charge in [0.2, 0.25) is 10.0 Å². The Kier molecular flexibility index (Phi) is 3.75. The maximum absolute atomic E-state index is 12.0. The number of anilines is 1. The molecule has 0 radical (unpaired) electrons. The van der Waals surface area contributed by atoms with Gasteiger partial charge >= 0.3 is 0 Å². The smallest absolute Gasteiger partial charge is 0.244 e. The summed E-state index contributed by atoms with van der Waals surface area (Å²) in [6, 6.07) is 2.85. The van der Waals surface area contributed by atoms with E-state index in [1.165, 1.54) is 25.3 Å². The molecule has 7 heteroatoms. The molecule has 6 nitrogen and oxygen atoms in total. The number of pyridine rings is 1. The second-order valence-electron chi connectivity index (χ2n) is 4.39. The van der Waals surface area contributed by atoms with Crippen molar-refractivity contribution in [3.8, 4) is 0 Å². The van der Waals surface area contributed by atoms with Crippen LogP contribution in [0.1, 0.15) is 20.8 Å². The summed E-state index contributed by atoms with van der Waals surface area (Å²) < 4.78 is 26.5. The van der Waals surface area contributed by atoms with E-state index in [0.29, 0.717) is 0 Å². The van der Waals surface area contributed by atoms with E-state index in [9.17, 15) is 13.5 Å². The molecule has 0 saturated heterocycles. The minimum atomic E-state index is -3.79. The third-order valence-electron chi connectivity index (χ3n) is 2.53. The lowest BCUT2D eigenvalue weighted by molar-refractivity contribution is 0.111. The van der Waals surface area contributed by atoms with Crippen molar-refractivity contribution >= 4 is 15.8 Å². The largest absolute Gasteiger partial charge is 0.391 e. The molecule has 0 aliphatic rings. The molecule has 0 aliphatic heterocycles. The monoisotopic (exact) mass is 259 g/mol. The zero-order valence-corrected chi connectivity index (χ0v) is 10.8. The van der Waals surface area contributed by atoms with Crippen molar-refractivity contribution in [2.45, 2.75) is 37.3 Å². The molecule has 1 atom stereocenters. The maximum atomic E-state index is 12.0. The number of hydrogen-bond acceptors (Lipinski definition) is 5. The third-order valence-corrected chi connectivity index (χ3v) is 4.25. The molecule has 0 aliphatic carbocycles. The number of nitrogens with zero attached hydrogens (tertiary/aromatic N) is 1. The van der Waals surface area contributed by atoms with Crippen LogP contribution in [0.5, 0.6) is 0 Å². The number of aliphatic hydroxyl groups excluding tert-OH is 1. The van der Waals surface area contributed by atoms with E-state index in [4.69, 9.17) is 5.73 Å². The molecule has 1 rings (SSSR count). The van der Waals surface area contributed by atoms with Crippen LogP contribution in [0.25, 0.3) is 0 Å². The summed E-state index contributed by atoms with van der Waals surface area (Å²) in [6.45, 7) is 4.68. The van der Waals surface area contributed by atoms with Crippen molar-refractivity contribution < 1.29 is 13.5 Å². The summed E-state index contributed by atoms with van der Waals surface area (Å²) in [5.74, 6) is -0.0682. The van der Waals surface area contributed by atoms with Gasteiger partial charge in [-0.25, -0.2) is 18.1 Å². The minimum Gasteiger partial charge on any atom is -0.391 e. The van der Waals surface area contributed by atoms with Crippen molar-refractivity contribution in [1.29, 1.82) is 0 Å². The molecule has 0 fully saturated rings. The van der Waals surface area contributed by atoms with E-state index in [0.717, 1.165) is 0 Å². The van der Waals surface area contributed by atoms with Gasteiger partial charge in [0.05, 0.1) is 11.6 Å². The fourth-order valence-corrected chi connectivity index (χ4v) is 2.68. The fourth-order valence-electron chi connectivity index (χ4n) is 1.12. The number of aromatic nitrogens is 1. The zero-order valence-electron chi connectivity index (χ0n) is 10.0. The van der Waals surface area contributed by atoms with Gasteiger partial charge in [-0.15, -0.1) is 0 Å². The molecule has 0 amide bonds. The van der Waals surface area contributed by atoms with Gasteiger partial charge in [0.25, 0.3) is 0 Å². The van der Waals surface area contributed by atoms with Crippen LogP contribution in [0, 0.1) is 0 Å². The number of nitrogens with two attached hydrogens (primary N) is 1. The molecule has 0 aromatic carbocycles. The minimum absolute atomic E-state index is 0.0682. The van der Waals surface area contributed by atoms with Crippen molar-refractivity contribution in [2.75, 3.05) is 5.73 Å². The third kappa shape index (κ3) is 3.15. The highest BCUT2D eigenvalue weighted by Gasteiger charge is 2.31. The summed E-state index contributed by atoms with van der Waals surface area (Å²) in [5, 5.41) is 9.49. The Hall–Kier alpha value is -1.18. The number of hydrogen-bond donors (Lipinski definition) is 3. The predicted molar refractivity (Wildman–Crippen MR) is 64.7 cm³/mol. The number of rotatable bonds is 4. The molecule has 1 aromatic heterocycles. The molecule has 0 bridgehead atoms. The number of aliphatic hydroxyl groups is 1. The van der Waals surface area contributed by atoms with Crippen LogP contribution in [0.4, 0.5) is 5.82 Å². The Labute approximate surface area is 101 Å². The van der Waals surface area contributed by atoms with Crippen molar-refractivity contribution in [3.63, 3.8) is 0 Å². The normalized spacial score (nSPS) is 14.6. The number of nitrogen functional groups attached to an aromatic ring is 1. The first-order valence-electron chi connectivity index (χ1n) is 5.09. The molecular formula is C10H17N3O3S. The van der Waals surface area contributed by atoms with Crippen LogP contribution < -0.4 is 10.5 Å². The Balaban J connectivity index is 3.11. The van der Waals surface area contributed by atoms with Gasteiger partial charge in [-0.3, -0.25) is 0 Å². The molecule has 1 aromatic rings. The van der Waals surface area contributed by atoms with Crippen LogP contribution in [-0.4, -0.2) is 30.2 Å². The van der Waals surface area contributed by atoms with E-state index in [2.05, 4.69) is 9.71 Å². The van der Waals surface area contributed by atoms with E-state index < -0.39 is 21.7 Å². The first-order valence-corrected chi connectivity index (χ1v) is 6.57. The van der Waals surface area contributed by atoms with Crippen LogP contribution in [0.15, 0.2) is 23.2 Å². The highest BCUT2D eigenvalue weighted by Crippen LogP contribution is 2.18. The van der Waals surface area contributed by atoms with E-state index in [1.54, 1.807) is 13.8 Å². The van der Waals surface area contributed by atoms with Crippen molar-refractivity contribution in [3.05, 3.63) is 18.3 Å². The Morgan fingerprint density at radius 2 is 2.12 bits per heavy atom. The summed E-state index contributed by atoms with van der Waals surface area (Å²) in [6.07, 6.45) is 0.573. The van der Waals surface area contributed by atoms with E-state index in [-0.39, 0.29) is 10.7 Å². The number of nitrogens with one attached hydrogen (secondary N) is 1. The maximum Gasteiger partial charge on any atom is 0.244 e. The number of sulfonamides is 1. The van der Waals surface area contributed by atoms with Crippen LogP contribution in [-0.2, 0) is 10.0 Å². The topological polar surface area (TPSA) is 105 Å². The standard InChI is InChI=1S/C10H17N3O3S/c1-7(14)10(2,3)13-17(15,16)8-5-4-6-12-9(8)11/h4-7,13-14H,1-3H3,(H2,11,12). The summed E-state index contributed by atoms with van der Waals surface area (Å²) in [4.78, 5) is 3.63. The average Bonchev–Trinajstić information content (AvgIpc) is 2.16. The summed E-state index contributed by atoms with van der Waals surface area (Å²) in [7, 11) is -3.79. The molecule has 0 saturated carbocycles. The lowest BCUT2D eigenvalue weighted by Crippen LogP contribution is -2.50. The van der Waals surface area contributed by atoms with Crippen molar-refractivity contribution in [1.82, 2.24) is 9.71 Å². The molecule has 17 heavy (non-hydrogen) atoms. The van der Waals surface area contributed by atoms with Gasteiger partial charge in [0.15, 0.2) is 0 Å². The first kappa shape index (κ1) is 13.9. The van der Waals surface area contributed by atoms with Crippen LogP contribution in [0.3, 0.4) is 0 Å². The molecule has 1 unspecified atom stereocenters. The van der Waals surface area contributed by atoms with Gasteiger partial charge < -0.3 is 10.8 Å². The van der Waals surface area contributed by atoms with E-state index >= 15 is 0 Å². The zero-order chi connectivity index (χ0) is 13.3. The second-order valence-corrected chi connectivity index (χ2v) is 6.04. The highest BCUT2D eigenvalue weighted by molar-refractivity contribution is 7.89. The lowest BCUT2D eigenvalue weighted by Gasteiger charge is -2.28. The van der Waals surface area contributed by atoms with Crippen LogP contribution >= 0.6 is 0 Å². The first-order chi connectivity index (χ1) is 7.67. The van der Waals surface area contributed by atoms with E-state index in [1.807, 2.05) is 0 Å². The molecule has 1 heterocycles. The fraction of sp³-hybridized carbons (Fsp3) is 0.500. The van der Waals surface area contributed by atoms with Gasteiger partial charge in [-0.1, -0.05) is 0 Å². The SMILES string of the molecule is CC(O)C(C)(C)NS(=O)(=O)c1cccnc1N. The van der Waals surface area contributed by atoms with Crippen molar-refractivity contribution in [2.24, 2.45) is 0 Å². The Bertz CT molecular complexity index is 497. The van der Waals surface area contributed by atoms with Gasteiger partial charge in [-0.05, 0) is 32.9 Å². The van der Waals surface area contributed by atoms with Gasteiger partial charge in [-0.2, -0.15) is 0 Å². The molecule has 96 valence electrons. The van der Waals surface area contributed by atoms with Crippen LogP contribution in [0.2, 0.25) is 0 Å². The highest BCUT2D eigenvalue weighted by atomic mass is 32.2. The molecular weight excluding hydrogens is 242 g/mol. The summed E-state index contributed by atoms with van der Waals surface area (Å²) in [5.41, 5.74) is 4.52.